The molecule has 0 saturated heterocycles. The lowest BCUT2D eigenvalue weighted by atomic mass is 10.4. The summed E-state index contributed by atoms with van der Waals surface area (Å²) in [6, 6.07) is 1.76. The maximum atomic E-state index is 5.14. The highest BCUT2D eigenvalue weighted by Crippen LogP contribution is 1.91. The largest absolute Gasteiger partial charge is 0.364 e. The van der Waals surface area contributed by atoms with Crippen LogP contribution in [0.25, 0.3) is 0 Å². The number of hydrazine groups is 1. The topological polar surface area (TPSA) is 88.5 Å². The highest BCUT2D eigenvalue weighted by atomic mass is 16.5. The van der Waals surface area contributed by atoms with Crippen molar-refractivity contribution in [3.05, 3.63) is 18.0 Å². The number of guanidine groups is 1. The maximum Gasteiger partial charge on any atom is 0.205 e. The lowest BCUT2D eigenvalue weighted by Gasteiger charge is -2.04. The van der Waals surface area contributed by atoms with E-state index in [4.69, 9.17) is 5.84 Å². The van der Waals surface area contributed by atoms with Crippen molar-refractivity contribution in [1.29, 1.82) is 0 Å². The smallest absolute Gasteiger partial charge is 0.205 e. The van der Waals surface area contributed by atoms with Crippen LogP contribution in [0, 0.1) is 0 Å². The van der Waals surface area contributed by atoms with Gasteiger partial charge in [0.25, 0.3) is 0 Å². The summed E-state index contributed by atoms with van der Waals surface area (Å²) in [6.45, 7) is 0.535. The van der Waals surface area contributed by atoms with Crippen molar-refractivity contribution in [2.24, 2.45) is 10.8 Å². The summed E-state index contributed by atoms with van der Waals surface area (Å²) in [5.41, 5.74) is 3.19. The quantitative estimate of drug-likeness (QED) is 0.234. The molecule has 4 N–H and O–H groups in total. The summed E-state index contributed by atoms with van der Waals surface area (Å²) in [5, 5.41) is 6.61. The molecule has 6 nitrogen and oxygen atoms in total. The summed E-state index contributed by atoms with van der Waals surface area (Å²) in [6.07, 6.45) is 1.51. The molecule has 0 aromatic carbocycles. The van der Waals surface area contributed by atoms with Crippen LogP contribution in [0.4, 0.5) is 0 Å². The first-order valence-electron chi connectivity index (χ1n) is 3.43. The number of nitrogens with zero attached hydrogens (tertiary/aromatic N) is 2. The van der Waals surface area contributed by atoms with Gasteiger partial charge >= 0.3 is 0 Å². The van der Waals surface area contributed by atoms with Crippen LogP contribution in [0.1, 0.15) is 5.69 Å². The van der Waals surface area contributed by atoms with E-state index in [1.807, 2.05) is 0 Å². The SMILES string of the molecule is CN=C(NN)NCc1ccon1. The van der Waals surface area contributed by atoms with E-state index < -0.39 is 0 Å². The number of aliphatic imine (C=N–C) groups is 1. The minimum atomic E-state index is 0.512. The van der Waals surface area contributed by atoms with Crippen molar-refractivity contribution in [2.45, 2.75) is 6.54 Å². The molecule has 0 aliphatic rings. The van der Waals surface area contributed by atoms with Crippen molar-refractivity contribution < 1.29 is 4.52 Å². The molecular formula is C6H11N5O. The van der Waals surface area contributed by atoms with Crippen LogP contribution in [0.5, 0.6) is 0 Å². The molecule has 0 fully saturated rings. The van der Waals surface area contributed by atoms with Crippen LogP contribution in [0.3, 0.4) is 0 Å². The fourth-order valence-corrected chi connectivity index (χ4v) is 0.698. The zero-order valence-corrected chi connectivity index (χ0v) is 6.74. The second kappa shape index (κ2) is 4.35. The predicted molar refractivity (Wildman–Crippen MR) is 44.0 cm³/mol. The van der Waals surface area contributed by atoms with Gasteiger partial charge in [-0.25, -0.2) is 5.84 Å². The normalized spacial score (nSPS) is 11.3. The van der Waals surface area contributed by atoms with Gasteiger partial charge in [0.1, 0.15) is 12.0 Å². The molecule has 1 aromatic heterocycles. The fourth-order valence-electron chi connectivity index (χ4n) is 0.698. The molecule has 0 radical (unpaired) electrons. The van der Waals surface area contributed by atoms with Crippen LogP contribution in [0.15, 0.2) is 21.8 Å². The molecule has 0 atom stereocenters. The summed E-state index contributed by atoms with van der Waals surface area (Å²) < 4.78 is 4.63. The fraction of sp³-hybridized carbons (Fsp3) is 0.333. The van der Waals surface area contributed by atoms with Gasteiger partial charge in [0, 0.05) is 13.1 Å². The van der Waals surface area contributed by atoms with Gasteiger partial charge in [-0.1, -0.05) is 5.16 Å². The van der Waals surface area contributed by atoms with Crippen molar-refractivity contribution >= 4 is 5.96 Å². The average Bonchev–Trinajstić information content (AvgIpc) is 2.59. The summed E-state index contributed by atoms with van der Waals surface area (Å²) in [5.74, 6) is 5.65. The highest BCUT2D eigenvalue weighted by Gasteiger charge is 1.97. The van der Waals surface area contributed by atoms with Gasteiger partial charge in [-0.3, -0.25) is 10.4 Å². The van der Waals surface area contributed by atoms with Gasteiger partial charge in [0.05, 0.1) is 6.54 Å². The van der Waals surface area contributed by atoms with Crippen LogP contribution >= 0.6 is 0 Å². The number of rotatable bonds is 2. The number of nitrogens with one attached hydrogen (secondary N) is 2. The molecule has 0 aliphatic heterocycles. The Hall–Kier alpha value is -1.56. The van der Waals surface area contributed by atoms with Gasteiger partial charge in [0.15, 0.2) is 0 Å². The molecule has 0 bridgehead atoms. The Morgan fingerprint density at radius 1 is 1.83 bits per heavy atom. The monoisotopic (exact) mass is 169 g/mol. The average molecular weight is 169 g/mol. The Balaban J connectivity index is 2.35. The Bertz CT molecular complexity index is 242. The molecule has 6 heteroatoms. The third-order valence-electron chi connectivity index (χ3n) is 1.29. The van der Waals surface area contributed by atoms with E-state index in [1.165, 1.54) is 6.26 Å². The minimum absolute atomic E-state index is 0.512. The Kier molecular flexibility index (Phi) is 3.09. The van der Waals surface area contributed by atoms with Crippen molar-refractivity contribution in [3.63, 3.8) is 0 Å². The first kappa shape index (κ1) is 8.54. The van der Waals surface area contributed by atoms with Crippen LogP contribution in [-0.2, 0) is 6.54 Å². The van der Waals surface area contributed by atoms with E-state index in [1.54, 1.807) is 13.1 Å². The molecule has 0 saturated carbocycles. The molecular weight excluding hydrogens is 158 g/mol. The first-order chi connectivity index (χ1) is 5.86. The van der Waals surface area contributed by atoms with E-state index in [0.29, 0.717) is 12.5 Å². The van der Waals surface area contributed by atoms with Gasteiger partial charge in [-0.05, 0) is 0 Å². The molecule has 1 rings (SSSR count). The maximum absolute atomic E-state index is 5.14. The zero-order valence-electron chi connectivity index (χ0n) is 6.74. The van der Waals surface area contributed by atoms with E-state index >= 15 is 0 Å². The molecule has 12 heavy (non-hydrogen) atoms. The minimum Gasteiger partial charge on any atom is -0.364 e. The predicted octanol–water partition coefficient (Wildman–Crippen LogP) is -0.787. The second-order valence-corrected chi connectivity index (χ2v) is 2.06. The molecule has 0 spiro atoms. The van der Waals surface area contributed by atoms with Crippen molar-refractivity contribution in [1.82, 2.24) is 15.9 Å². The van der Waals surface area contributed by atoms with Crippen molar-refractivity contribution in [2.75, 3.05) is 7.05 Å². The van der Waals surface area contributed by atoms with Gasteiger partial charge in [-0.2, -0.15) is 0 Å². The Morgan fingerprint density at radius 2 is 2.67 bits per heavy atom. The number of hydrogen-bond donors (Lipinski definition) is 3. The van der Waals surface area contributed by atoms with E-state index in [-0.39, 0.29) is 0 Å². The zero-order chi connectivity index (χ0) is 8.81. The van der Waals surface area contributed by atoms with Crippen molar-refractivity contribution in [3.8, 4) is 0 Å². The van der Waals surface area contributed by atoms with Crippen LogP contribution < -0.4 is 16.6 Å². The van der Waals surface area contributed by atoms with Crippen LogP contribution in [-0.4, -0.2) is 18.2 Å². The standard InChI is InChI=1S/C6H11N5O/c1-8-6(10-7)9-4-5-2-3-12-11-5/h2-3H,4,7H2,1H3,(H2,8,9,10). The lowest BCUT2D eigenvalue weighted by molar-refractivity contribution is 0.410. The molecule has 0 unspecified atom stereocenters. The summed E-state index contributed by atoms with van der Waals surface area (Å²) in [7, 11) is 1.63. The third-order valence-corrected chi connectivity index (χ3v) is 1.29. The molecule has 1 heterocycles. The van der Waals surface area contributed by atoms with E-state index in [0.717, 1.165) is 5.69 Å². The highest BCUT2D eigenvalue weighted by molar-refractivity contribution is 5.78. The number of nitrogens with two attached hydrogens (primary N) is 1. The van der Waals surface area contributed by atoms with E-state index in [2.05, 4.69) is 25.4 Å². The molecule has 0 aliphatic carbocycles. The molecule has 1 aromatic rings. The first-order valence-corrected chi connectivity index (χ1v) is 3.43. The van der Waals surface area contributed by atoms with Gasteiger partial charge in [-0.15, -0.1) is 0 Å². The van der Waals surface area contributed by atoms with Crippen LogP contribution in [0.2, 0.25) is 0 Å². The third kappa shape index (κ3) is 2.24. The molecule has 0 amide bonds. The second-order valence-electron chi connectivity index (χ2n) is 2.06. The van der Waals surface area contributed by atoms with Gasteiger partial charge < -0.3 is 9.84 Å². The Morgan fingerprint density at radius 3 is 3.17 bits per heavy atom. The summed E-state index contributed by atoms with van der Waals surface area (Å²) in [4.78, 5) is 3.82. The Labute approximate surface area is 69.8 Å². The lowest BCUT2D eigenvalue weighted by Crippen LogP contribution is -2.41. The summed E-state index contributed by atoms with van der Waals surface area (Å²) >= 11 is 0. The number of hydrogen-bond acceptors (Lipinski definition) is 4. The molecule has 66 valence electrons. The number of aromatic nitrogens is 1. The van der Waals surface area contributed by atoms with E-state index in [9.17, 15) is 0 Å². The van der Waals surface area contributed by atoms with Gasteiger partial charge in [0.2, 0.25) is 5.96 Å².